The van der Waals surface area contributed by atoms with Crippen LogP contribution in [0.4, 0.5) is 4.79 Å². The molecule has 0 saturated carbocycles. The highest BCUT2D eigenvalue weighted by molar-refractivity contribution is 5.74. The molecule has 0 radical (unpaired) electrons. The van der Waals surface area contributed by atoms with Gasteiger partial charge in [0, 0.05) is 13.0 Å². The molecule has 7 heteroatoms. The fourth-order valence-corrected chi connectivity index (χ4v) is 2.25. The Balaban J connectivity index is 2.27. The van der Waals surface area contributed by atoms with Gasteiger partial charge in [-0.2, -0.15) is 0 Å². The van der Waals surface area contributed by atoms with Gasteiger partial charge in [0.2, 0.25) is 0 Å². The Bertz CT molecular complexity index is 350. The van der Waals surface area contributed by atoms with E-state index in [0.29, 0.717) is 26.1 Å². The lowest BCUT2D eigenvalue weighted by molar-refractivity contribution is -0.137. The molecule has 1 heterocycles. The zero-order valence-corrected chi connectivity index (χ0v) is 12.7. The molecule has 7 nitrogen and oxygen atoms in total. The van der Waals surface area contributed by atoms with Crippen molar-refractivity contribution in [2.24, 2.45) is 5.92 Å². The van der Waals surface area contributed by atoms with Crippen molar-refractivity contribution < 1.29 is 24.5 Å². The van der Waals surface area contributed by atoms with E-state index in [4.69, 9.17) is 14.9 Å². The highest BCUT2D eigenvalue weighted by atomic mass is 16.5. The van der Waals surface area contributed by atoms with Crippen LogP contribution < -0.4 is 5.32 Å². The number of hydrogen-bond donors (Lipinski definition) is 3. The van der Waals surface area contributed by atoms with Gasteiger partial charge in [-0.3, -0.25) is 4.79 Å². The van der Waals surface area contributed by atoms with Crippen LogP contribution in [-0.4, -0.2) is 65.6 Å². The molecule has 0 aromatic heterocycles. The number of aliphatic hydroxyl groups excluding tert-OH is 1. The molecule has 0 spiro atoms. The number of urea groups is 1. The number of ether oxygens (including phenoxy) is 1. The number of aliphatic hydroxyl groups is 1. The zero-order valence-electron chi connectivity index (χ0n) is 12.7. The second kappa shape index (κ2) is 8.84. The second-order valence-corrected chi connectivity index (χ2v) is 5.70. The molecular formula is C14H26N2O5. The maximum Gasteiger partial charge on any atom is 0.317 e. The molecule has 1 aliphatic heterocycles. The van der Waals surface area contributed by atoms with E-state index in [1.54, 1.807) is 4.90 Å². The van der Waals surface area contributed by atoms with Gasteiger partial charge in [-0.25, -0.2) is 4.79 Å². The van der Waals surface area contributed by atoms with Gasteiger partial charge in [0.1, 0.15) is 0 Å². The third-order valence-corrected chi connectivity index (χ3v) is 3.73. The SMILES string of the molecule is CC(CCNC(=O)N1CC(CO)OCC1C)CCC(=O)O. The summed E-state index contributed by atoms with van der Waals surface area (Å²) in [5.41, 5.74) is 0. The molecule has 2 amide bonds. The molecule has 1 rings (SSSR count). The van der Waals surface area contributed by atoms with Gasteiger partial charge in [0.25, 0.3) is 0 Å². The van der Waals surface area contributed by atoms with Crippen LogP contribution in [0.5, 0.6) is 0 Å². The summed E-state index contributed by atoms with van der Waals surface area (Å²) in [5.74, 6) is -0.531. The van der Waals surface area contributed by atoms with Crippen molar-refractivity contribution in [2.45, 2.75) is 45.3 Å². The monoisotopic (exact) mass is 302 g/mol. The van der Waals surface area contributed by atoms with E-state index in [1.807, 2.05) is 13.8 Å². The lowest BCUT2D eigenvalue weighted by Crippen LogP contribution is -2.55. The Morgan fingerprint density at radius 3 is 2.76 bits per heavy atom. The largest absolute Gasteiger partial charge is 0.481 e. The van der Waals surface area contributed by atoms with E-state index in [-0.39, 0.29) is 37.1 Å². The van der Waals surface area contributed by atoms with Crippen LogP contribution >= 0.6 is 0 Å². The number of nitrogens with zero attached hydrogens (tertiary/aromatic N) is 1. The molecule has 1 aliphatic rings. The van der Waals surface area contributed by atoms with Crippen molar-refractivity contribution in [1.82, 2.24) is 10.2 Å². The van der Waals surface area contributed by atoms with E-state index in [0.717, 1.165) is 6.42 Å². The molecule has 0 aromatic rings. The highest BCUT2D eigenvalue weighted by Gasteiger charge is 2.29. The number of hydrogen-bond acceptors (Lipinski definition) is 4. The highest BCUT2D eigenvalue weighted by Crippen LogP contribution is 2.12. The van der Waals surface area contributed by atoms with Gasteiger partial charge in [-0.1, -0.05) is 6.92 Å². The van der Waals surface area contributed by atoms with E-state index >= 15 is 0 Å². The van der Waals surface area contributed by atoms with Crippen LogP contribution in [0.2, 0.25) is 0 Å². The number of morpholine rings is 1. The average Bonchev–Trinajstić information content (AvgIpc) is 2.45. The first-order chi connectivity index (χ1) is 9.93. The Morgan fingerprint density at radius 1 is 1.43 bits per heavy atom. The average molecular weight is 302 g/mol. The predicted molar refractivity (Wildman–Crippen MR) is 77.0 cm³/mol. The molecule has 0 bridgehead atoms. The van der Waals surface area contributed by atoms with Crippen molar-refractivity contribution in [3.05, 3.63) is 0 Å². The van der Waals surface area contributed by atoms with E-state index in [9.17, 15) is 9.59 Å². The molecule has 0 aromatic carbocycles. The Kier molecular flexibility index (Phi) is 7.45. The number of carboxylic acids is 1. The van der Waals surface area contributed by atoms with Crippen molar-refractivity contribution in [3.63, 3.8) is 0 Å². The molecule has 0 aliphatic carbocycles. The van der Waals surface area contributed by atoms with Gasteiger partial charge in [-0.15, -0.1) is 0 Å². The minimum Gasteiger partial charge on any atom is -0.481 e. The predicted octanol–water partition coefficient (Wildman–Crippen LogP) is 0.669. The molecule has 3 atom stereocenters. The van der Waals surface area contributed by atoms with Gasteiger partial charge < -0.3 is 25.2 Å². The third kappa shape index (κ3) is 6.31. The zero-order chi connectivity index (χ0) is 15.8. The number of carboxylic acid groups (broad SMARTS) is 1. The van der Waals surface area contributed by atoms with Crippen molar-refractivity contribution in [2.75, 3.05) is 26.3 Å². The van der Waals surface area contributed by atoms with Gasteiger partial charge in [0.15, 0.2) is 0 Å². The van der Waals surface area contributed by atoms with Crippen molar-refractivity contribution in [3.8, 4) is 0 Å². The summed E-state index contributed by atoms with van der Waals surface area (Å²) in [6, 6.07) is -0.174. The molecular weight excluding hydrogens is 276 g/mol. The normalized spacial score (nSPS) is 23.7. The van der Waals surface area contributed by atoms with Gasteiger partial charge in [0.05, 0.1) is 31.9 Å². The Morgan fingerprint density at radius 2 is 2.14 bits per heavy atom. The fraction of sp³-hybridized carbons (Fsp3) is 0.857. The number of aliphatic carboxylic acids is 1. The maximum absolute atomic E-state index is 12.1. The van der Waals surface area contributed by atoms with E-state index in [2.05, 4.69) is 5.32 Å². The van der Waals surface area contributed by atoms with Gasteiger partial charge in [-0.05, 0) is 25.7 Å². The number of carbonyl (C=O) groups is 2. The van der Waals surface area contributed by atoms with Crippen molar-refractivity contribution in [1.29, 1.82) is 0 Å². The van der Waals surface area contributed by atoms with Crippen LogP contribution in [-0.2, 0) is 9.53 Å². The summed E-state index contributed by atoms with van der Waals surface area (Å²) in [6.45, 7) is 5.12. The summed E-state index contributed by atoms with van der Waals surface area (Å²) in [5, 5.41) is 20.6. The summed E-state index contributed by atoms with van der Waals surface area (Å²) in [7, 11) is 0. The molecule has 122 valence electrons. The number of rotatable bonds is 7. The molecule has 1 saturated heterocycles. The van der Waals surface area contributed by atoms with Gasteiger partial charge >= 0.3 is 12.0 Å². The minimum absolute atomic E-state index is 0.0165. The smallest absolute Gasteiger partial charge is 0.317 e. The van der Waals surface area contributed by atoms with Crippen LogP contribution in [0, 0.1) is 5.92 Å². The minimum atomic E-state index is -0.789. The number of carbonyl (C=O) groups excluding carboxylic acids is 1. The number of amides is 2. The summed E-state index contributed by atoms with van der Waals surface area (Å²) in [4.78, 5) is 24.3. The second-order valence-electron chi connectivity index (χ2n) is 5.70. The first kappa shape index (κ1) is 17.7. The Hall–Kier alpha value is -1.34. The molecule has 1 fully saturated rings. The third-order valence-electron chi connectivity index (χ3n) is 3.73. The standard InChI is InChI=1S/C14H26N2O5/c1-10(3-4-13(18)19)5-6-15-14(20)16-7-12(8-17)21-9-11(16)2/h10-12,17H,3-9H2,1-2H3,(H,15,20)(H,18,19). The number of nitrogens with one attached hydrogen (secondary N) is 1. The van der Waals surface area contributed by atoms with Crippen LogP contribution in [0.3, 0.4) is 0 Å². The van der Waals surface area contributed by atoms with E-state index < -0.39 is 5.97 Å². The van der Waals surface area contributed by atoms with Crippen LogP contribution in [0.25, 0.3) is 0 Å². The molecule has 3 unspecified atom stereocenters. The Labute approximate surface area is 125 Å². The first-order valence-electron chi connectivity index (χ1n) is 7.42. The lowest BCUT2D eigenvalue weighted by atomic mass is 10.0. The summed E-state index contributed by atoms with van der Waals surface area (Å²) >= 11 is 0. The maximum atomic E-state index is 12.1. The molecule has 3 N–H and O–H groups in total. The topological polar surface area (TPSA) is 99.1 Å². The van der Waals surface area contributed by atoms with Crippen LogP contribution in [0.1, 0.15) is 33.1 Å². The summed E-state index contributed by atoms with van der Waals surface area (Å²) in [6.07, 6.45) is 1.21. The molecule has 21 heavy (non-hydrogen) atoms. The van der Waals surface area contributed by atoms with E-state index in [1.165, 1.54) is 0 Å². The van der Waals surface area contributed by atoms with Crippen LogP contribution in [0.15, 0.2) is 0 Å². The fourth-order valence-electron chi connectivity index (χ4n) is 2.25. The van der Waals surface area contributed by atoms with Crippen molar-refractivity contribution >= 4 is 12.0 Å². The lowest BCUT2D eigenvalue weighted by Gasteiger charge is -2.37. The first-order valence-corrected chi connectivity index (χ1v) is 7.42. The summed E-state index contributed by atoms with van der Waals surface area (Å²) < 4.78 is 5.39. The quantitative estimate of drug-likeness (QED) is 0.642.